The van der Waals surface area contributed by atoms with Crippen LogP contribution in [0.4, 0.5) is 5.69 Å². The van der Waals surface area contributed by atoms with Gasteiger partial charge in [0.2, 0.25) is 0 Å². The maximum atomic E-state index is 6.19. The fourth-order valence-corrected chi connectivity index (χ4v) is 5.67. The van der Waals surface area contributed by atoms with Crippen LogP contribution in [0.5, 0.6) is 0 Å². The van der Waals surface area contributed by atoms with Crippen LogP contribution in [0, 0.1) is 0 Å². The number of aryl methyl sites for hydroxylation is 2. The van der Waals surface area contributed by atoms with E-state index in [9.17, 15) is 0 Å². The Bertz CT molecular complexity index is 1530. The van der Waals surface area contributed by atoms with Gasteiger partial charge in [-0.15, -0.1) is 0 Å². The summed E-state index contributed by atoms with van der Waals surface area (Å²) >= 11 is 18.4. The van der Waals surface area contributed by atoms with Crippen LogP contribution in [0.2, 0.25) is 10.0 Å². The quantitative estimate of drug-likeness (QED) is 0.242. The number of thiocarbonyl (C=S) groups is 1. The lowest BCUT2D eigenvalue weighted by Crippen LogP contribution is -2.14. The molecule has 0 saturated carbocycles. The minimum absolute atomic E-state index is 0.688. The second kappa shape index (κ2) is 9.19. The van der Waals surface area contributed by atoms with Crippen molar-refractivity contribution in [3.63, 3.8) is 0 Å². The van der Waals surface area contributed by atoms with Gasteiger partial charge >= 0.3 is 0 Å². The highest BCUT2D eigenvalue weighted by Crippen LogP contribution is 2.40. The minimum Gasteiger partial charge on any atom is -0.345 e. The third kappa shape index (κ3) is 4.06. The highest BCUT2D eigenvalue weighted by Gasteiger charge is 2.28. The Balaban J connectivity index is 1.60. The molecular formula is C29H23Cl2N3S. The van der Waals surface area contributed by atoms with Gasteiger partial charge in [0, 0.05) is 39.6 Å². The summed E-state index contributed by atoms with van der Waals surface area (Å²) in [6, 6.07) is 26.3. The number of nitrogens with one attached hydrogen (secondary N) is 1. The van der Waals surface area contributed by atoms with Gasteiger partial charge < -0.3 is 9.88 Å². The van der Waals surface area contributed by atoms with Crippen molar-refractivity contribution >= 4 is 51.7 Å². The van der Waals surface area contributed by atoms with Crippen LogP contribution in [-0.4, -0.2) is 14.0 Å². The molecule has 2 aromatic heterocycles. The maximum Gasteiger partial charge on any atom is 0.128 e. The molecule has 0 atom stereocenters. The van der Waals surface area contributed by atoms with Gasteiger partial charge in [0.1, 0.15) is 10.6 Å². The summed E-state index contributed by atoms with van der Waals surface area (Å²) in [6.45, 7) is 0.969. The molecule has 1 aliphatic rings. The zero-order valence-corrected chi connectivity index (χ0v) is 21.3. The normalized spacial score (nSPS) is 13.1. The molecule has 3 nitrogen and oxygen atoms in total. The number of hydrogen-bond acceptors (Lipinski definition) is 1. The number of hydrogen-bond donors (Lipinski definition) is 1. The average molecular weight is 516 g/mol. The highest BCUT2D eigenvalue weighted by atomic mass is 35.5. The van der Waals surface area contributed by atoms with E-state index in [1.165, 1.54) is 28.0 Å². The second-order valence-electron chi connectivity index (χ2n) is 8.85. The Morgan fingerprint density at radius 1 is 0.800 bits per heavy atom. The monoisotopic (exact) mass is 515 g/mol. The Labute approximate surface area is 219 Å². The van der Waals surface area contributed by atoms with E-state index < -0.39 is 0 Å². The maximum absolute atomic E-state index is 6.19. The van der Waals surface area contributed by atoms with Crippen LogP contribution < -0.4 is 5.32 Å². The molecule has 0 aliphatic carbocycles. The smallest absolute Gasteiger partial charge is 0.128 e. The second-order valence-corrected chi connectivity index (χ2v) is 10.1. The first-order valence-electron chi connectivity index (χ1n) is 11.7. The molecule has 6 heteroatoms. The van der Waals surface area contributed by atoms with Crippen molar-refractivity contribution < 1.29 is 0 Å². The lowest BCUT2D eigenvalue weighted by Gasteiger charge is -2.12. The standard InChI is InChI=1S/C29H23Cl2N3S/c30-21-11-9-19(10-12-21)25-18-34-27(28(35)32-23-15-13-22(31)14-16-23)26(20-6-2-1-3-7-20)24-8-4-5-17-33(25)29(24)34/h1-3,6-7,9-16,18H,4-5,8,17H2,(H,32,35). The van der Waals surface area contributed by atoms with Crippen molar-refractivity contribution in [1.82, 2.24) is 8.97 Å². The number of benzene rings is 3. The summed E-state index contributed by atoms with van der Waals surface area (Å²) in [5.41, 5.74) is 9.23. The minimum atomic E-state index is 0.688. The zero-order chi connectivity index (χ0) is 23.9. The molecule has 0 amide bonds. The van der Waals surface area contributed by atoms with Gasteiger partial charge in [-0.2, -0.15) is 0 Å². The zero-order valence-electron chi connectivity index (χ0n) is 19.0. The molecule has 0 radical (unpaired) electrons. The van der Waals surface area contributed by atoms with Crippen LogP contribution in [0.3, 0.4) is 0 Å². The molecule has 0 unspecified atom stereocenters. The molecule has 1 aliphatic heterocycles. The van der Waals surface area contributed by atoms with Crippen LogP contribution in [0.25, 0.3) is 28.0 Å². The first-order chi connectivity index (χ1) is 17.1. The van der Waals surface area contributed by atoms with Gasteiger partial charge in [-0.25, -0.2) is 0 Å². The largest absolute Gasteiger partial charge is 0.345 e. The third-order valence-electron chi connectivity index (χ3n) is 6.65. The summed E-state index contributed by atoms with van der Waals surface area (Å²) < 4.78 is 4.74. The molecule has 3 heterocycles. The van der Waals surface area contributed by atoms with Gasteiger partial charge in [0.15, 0.2) is 0 Å². The van der Waals surface area contributed by atoms with Crippen LogP contribution in [0.15, 0.2) is 85.1 Å². The van der Waals surface area contributed by atoms with E-state index >= 15 is 0 Å². The van der Waals surface area contributed by atoms with E-state index in [4.69, 9.17) is 35.4 Å². The number of aromatic nitrogens is 2. The summed E-state index contributed by atoms with van der Waals surface area (Å²) in [6.07, 6.45) is 5.51. The molecule has 1 N–H and O–H groups in total. The number of nitrogens with zero attached hydrogens (tertiary/aromatic N) is 2. The van der Waals surface area contributed by atoms with Crippen molar-refractivity contribution in [2.45, 2.75) is 25.8 Å². The molecule has 0 bridgehead atoms. The number of rotatable bonds is 4. The Morgan fingerprint density at radius 2 is 1.49 bits per heavy atom. The van der Waals surface area contributed by atoms with Gasteiger partial charge in [-0.1, -0.05) is 77.9 Å². The Kier molecular flexibility index (Phi) is 5.89. The summed E-state index contributed by atoms with van der Waals surface area (Å²) in [5.74, 6) is 0. The van der Waals surface area contributed by atoms with Crippen LogP contribution in [-0.2, 0) is 13.0 Å². The molecule has 0 saturated heterocycles. The topological polar surface area (TPSA) is 21.4 Å². The van der Waals surface area contributed by atoms with Crippen LogP contribution in [0.1, 0.15) is 24.1 Å². The van der Waals surface area contributed by atoms with Gasteiger partial charge in [-0.05, 0) is 66.8 Å². The Hall–Kier alpha value is -3.05. The molecular weight excluding hydrogens is 493 g/mol. The van der Waals surface area contributed by atoms with Gasteiger partial charge in [-0.3, -0.25) is 4.40 Å². The number of imidazole rings is 1. The fraction of sp³-hybridized carbons (Fsp3) is 0.138. The van der Waals surface area contributed by atoms with Crippen molar-refractivity contribution in [3.8, 4) is 22.4 Å². The van der Waals surface area contributed by atoms with Crippen molar-refractivity contribution in [3.05, 3.63) is 106 Å². The van der Waals surface area contributed by atoms with E-state index in [1.54, 1.807) is 0 Å². The molecule has 35 heavy (non-hydrogen) atoms. The van der Waals surface area contributed by atoms with E-state index in [0.717, 1.165) is 47.8 Å². The van der Waals surface area contributed by atoms with E-state index in [2.05, 4.69) is 62.9 Å². The SMILES string of the molecule is S=C(Nc1ccc(Cl)cc1)c1c(-c2ccccc2)c2c3n(c(-c4ccc(Cl)cc4)cn13)CCCC2. The summed E-state index contributed by atoms with van der Waals surface area (Å²) in [5, 5.41) is 4.90. The highest BCUT2D eigenvalue weighted by molar-refractivity contribution is 7.81. The summed E-state index contributed by atoms with van der Waals surface area (Å²) in [4.78, 5) is 0.688. The predicted molar refractivity (Wildman–Crippen MR) is 151 cm³/mol. The Morgan fingerprint density at radius 3 is 2.20 bits per heavy atom. The summed E-state index contributed by atoms with van der Waals surface area (Å²) in [7, 11) is 0. The van der Waals surface area contributed by atoms with E-state index in [1.807, 2.05) is 36.4 Å². The van der Waals surface area contributed by atoms with Gasteiger partial charge in [0.25, 0.3) is 0 Å². The van der Waals surface area contributed by atoms with E-state index in [0.29, 0.717) is 10.0 Å². The molecule has 174 valence electrons. The lowest BCUT2D eigenvalue weighted by atomic mass is 9.98. The van der Waals surface area contributed by atoms with Crippen molar-refractivity contribution in [2.24, 2.45) is 0 Å². The van der Waals surface area contributed by atoms with Crippen molar-refractivity contribution in [2.75, 3.05) is 5.32 Å². The third-order valence-corrected chi connectivity index (χ3v) is 7.45. The number of anilines is 1. The molecule has 3 aromatic carbocycles. The average Bonchev–Trinajstić information content (AvgIpc) is 3.29. The lowest BCUT2D eigenvalue weighted by molar-refractivity contribution is 0.647. The van der Waals surface area contributed by atoms with E-state index in [-0.39, 0.29) is 0 Å². The number of halogens is 2. The molecule has 6 rings (SSSR count). The molecule has 0 spiro atoms. The van der Waals surface area contributed by atoms with Crippen molar-refractivity contribution in [1.29, 1.82) is 0 Å². The fourth-order valence-electron chi connectivity index (χ4n) is 5.10. The predicted octanol–water partition coefficient (Wildman–Crippen LogP) is 8.51. The first kappa shape index (κ1) is 22.4. The molecule has 0 fully saturated rings. The van der Waals surface area contributed by atoms with Crippen LogP contribution >= 0.6 is 35.4 Å². The van der Waals surface area contributed by atoms with Gasteiger partial charge in [0.05, 0.1) is 11.4 Å². The first-order valence-corrected chi connectivity index (χ1v) is 12.9. The molecule has 5 aromatic rings.